The van der Waals surface area contributed by atoms with Crippen LogP contribution >= 0.6 is 0 Å². The lowest BCUT2D eigenvalue weighted by molar-refractivity contribution is 0.270. The minimum Gasteiger partial charge on any atom is -0.330 e. The van der Waals surface area contributed by atoms with Gasteiger partial charge in [-0.3, -0.25) is 0 Å². The largest absolute Gasteiger partial charge is 0.330 e. The van der Waals surface area contributed by atoms with Gasteiger partial charge in [-0.25, -0.2) is 9.71 Å². The van der Waals surface area contributed by atoms with Crippen molar-refractivity contribution < 1.29 is 8.42 Å². The maximum atomic E-state index is 12.0. The van der Waals surface area contributed by atoms with Gasteiger partial charge in [0.1, 0.15) is 0 Å². The van der Waals surface area contributed by atoms with Crippen LogP contribution in [0.4, 0.5) is 5.95 Å². The van der Waals surface area contributed by atoms with Gasteiger partial charge in [0.15, 0.2) is 0 Å². The number of anilines is 1. The van der Waals surface area contributed by atoms with Crippen molar-refractivity contribution in [1.82, 2.24) is 14.3 Å². The van der Waals surface area contributed by atoms with Crippen LogP contribution in [0.3, 0.4) is 0 Å². The highest BCUT2D eigenvalue weighted by Gasteiger charge is 2.29. The smallest absolute Gasteiger partial charge is 0.304 e. The number of aromatic nitrogens is 2. The predicted molar refractivity (Wildman–Crippen MR) is 61.1 cm³/mol. The molecule has 1 aromatic heterocycles. The van der Waals surface area contributed by atoms with Crippen molar-refractivity contribution in [3.05, 3.63) is 12.4 Å². The second-order valence-electron chi connectivity index (χ2n) is 4.00. The van der Waals surface area contributed by atoms with E-state index in [1.807, 2.05) is 6.92 Å². The molecule has 1 fully saturated rings. The van der Waals surface area contributed by atoms with Gasteiger partial charge < -0.3 is 4.98 Å². The topological polar surface area (TPSA) is 78.1 Å². The Balaban J connectivity index is 2.12. The highest BCUT2D eigenvalue weighted by Crippen LogP contribution is 2.20. The molecule has 6 nitrogen and oxygen atoms in total. The molecule has 1 aliphatic heterocycles. The first-order valence-electron chi connectivity index (χ1n) is 5.38. The van der Waals surface area contributed by atoms with Crippen LogP contribution in [0.5, 0.6) is 0 Å². The van der Waals surface area contributed by atoms with Crippen molar-refractivity contribution in [1.29, 1.82) is 0 Å². The first-order chi connectivity index (χ1) is 7.59. The molecule has 2 rings (SSSR count). The average Bonchev–Trinajstić information content (AvgIpc) is 2.70. The van der Waals surface area contributed by atoms with E-state index in [0.717, 1.165) is 19.3 Å². The molecule has 1 saturated heterocycles. The van der Waals surface area contributed by atoms with Crippen molar-refractivity contribution in [3.63, 3.8) is 0 Å². The molecule has 16 heavy (non-hydrogen) atoms. The lowest BCUT2D eigenvalue weighted by Gasteiger charge is -2.31. The Morgan fingerprint density at radius 3 is 3.00 bits per heavy atom. The zero-order valence-corrected chi connectivity index (χ0v) is 10.00. The van der Waals surface area contributed by atoms with Crippen LogP contribution < -0.4 is 4.72 Å². The fraction of sp³-hybridized carbons (Fsp3) is 0.667. The molecule has 2 heterocycles. The molecular formula is C9H16N4O2S. The van der Waals surface area contributed by atoms with Crippen LogP contribution in [-0.2, 0) is 10.2 Å². The van der Waals surface area contributed by atoms with Crippen LogP contribution in [0.2, 0.25) is 0 Å². The molecule has 0 spiro atoms. The van der Waals surface area contributed by atoms with Gasteiger partial charge in [-0.15, -0.1) is 0 Å². The monoisotopic (exact) mass is 244 g/mol. The first-order valence-corrected chi connectivity index (χ1v) is 6.82. The van der Waals surface area contributed by atoms with Crippen LogP contribution in [-0.4, -0.2) is 35.3 Å². The van der Waals surface area contributed by atoms with E-state index in [1.54, 1.807) is 6.20 Å². The Morgan fingerprint density at radius 2 is 2.38 bits per heavy atom. The molecule has 0 bridgehead atoms. The molecular weight excluding hydrogens is 228 g/mol. The van der Waals surface area contributed by atoms with E-state index in [0.29, 0.717) is 6.54 Å². The van der Waals surface area contributed by atoms with Gasteiger partial charge in [0, 0.05) is 25.0 Å². The van der Waals surface area contributed by atoms with Crippen molar-refractivity contribution >= 4 is 16.2 Å². The molecule has 1 atom stereocenters. The number of rotatable bonds is 3. The van der Waals surface area contributed by atoms with E-state index >= 15 is 0 Å². The summed E-state index contributed by atoms with van der Waals surface area (Å²) in [5, 5.41) is 0. The minimum atomic E-state index is -3.47. The number of hydrogen-bond donors (Lipinski definition) is 2. The molecule has 2 N–H and O–H groups in total. The van der Waals surface area contributed by atoms with Gasteiger partial charge in [-0.2, -0.15) is 12.7 Å². The average molecular weight is 244 g/mol. The van der Waals surface area contributed by atoms with Gasteiger partial charge in [0.25, 0.3) is 0 Å². The molecule has 0 radical (unpaired) electrons. The summed E-state index contributed by atoms with van der Waals surface area (Å²) in [6, 6.07) is 0.0567. The summed E-state index contributed by atoms with van der Waals surface area (Å²) < 4.78 is 28.0. The van der Waals surface area contributed by atoms with E-state index < -0.39 is 10.2 Å². The lowest BCUT2D eigenvalue weighted by atomic mass is 10.1. The molecule has 1 unspecified atom stereocenters. The van der Waals surface area contributed by atoms with E-state index in [9.17, 15) is 8.42 Å². The predicted octanol–water partition coefficient (Wildman–Crippen LogP) is 0.941. The minimum absolute atomic E-state index is 0.0567. The maximum absolute atomic E-state index is 12.0. The number of imidazole rings is 1. The Hall–Kier alpha value is -1.08. The highest BCUT2D eigenvalue weighted by atomic mass is 32.2. The van der Waals surface area contributed by atoms with Crippen molar-refractivity contribution in [2.75, 3.05) is 11.3 Å². The Labute approximate surface area is 95.2 Å². The molecule has 0 aromatic carbocycles. The summed E-state index contributed by atoms with van der Waals surface area (Å²) in [4.78, 5) is 6.57. The summed E-state index contributed by atoms with van der Waals surface area (Å²) in [5.74, 6) is 0.262. The molecule has 0 aliphatic carbocycles. The van der Waals surface area contributed by atoms with Gasteiger partial charge in [-0.05, 0) is 19.8 Å². The van der Waals surface area contributed by atoms with Crippen LogP contribution in [0, 0.1) is 0 Å². The number of aromatic amines is 1. The highest BCUT2D eigenvalue weighted by molar-refractivity contribution is 7.90. The van der Waals surface area contributed by atoms with Gasteiger partial charge in [0.2, 0.25) is 5.95 Å². The number of nitrogens with one attached hydrogen (secondary N) is 2. The Kier molecular flexibility index (Phi) is 3.15. The molecule has 0 saturated carbocycles. The SMILES string of the molecule is CC1CCCCN1S(=O)(=O)Nc1ncc[nH]1. The number of piperidine rings is 1. The molecule has 7 heteroatoms. The van der Waals surface area contributed by atoms with E-state index in [1.165, 1.54) is 10.5 Å². The zero-order valence-electron chi connectivity index (χ0n) is 9.18. The first kappa shape index (κ1) is 11.4. The van der Waals surface area contributed by atoms with Crippen molar-refractivity contribution in [2.45, 2.75) is 32.2 Å². The van der Waals surface area contributed by atoms with Crippen molar-refractivity contribution in [2.24, 2.45) is 0 Å². The van der Waals surface area contributed by atoms with Crippen LogP contribution in [0.25, 0.3) is 0 Å². The quantitative estimate of drug-likeness (QED) is 0.830. The second kappa shape index (κ2) is 4.42. The van der Waals surface area contributed by atoms with Crippen LogP contribution in [0.15, 0.2) is 12.4 Å². The third-order valence-electron chi connectivity index (χ3n) is 2.77. The number of nitrogens with zero attached hydrogens (tertiary/aromatic N) is 2. The Morgan fingerprint density at radius 1 is 1.56 bits per heavy atom. The van der Waals surface area contributed by atoms with Crippen LogP contribution in [0.1, 0.15) is 26.2 Å². The third kappa shape index (κ3) is 2.35. The molecule has 90 valence electrons. The summed E-state index contributed by atoms with van der Waals surface area (Å²) in [6.07, 6.45) is 6.02. The zero-order chi connectivity index (χ0) is 11.6. The van der Waals surface area contributed by atoms with Gasteiger partial charge in [0.05, 0.1) is 0 Å². The second-order valence-corrected chi connectivity index (χ2v) is 5.62. The van der Waals surface area contributed by atoms with Gasteiger partial charge in [-0.1, -0.05) is 6.42 Å². The summed E-state index contributed by atoms with van der Waals surface area (Å²) in [5.41, 5.74) is 0. The summed E-state index contributed by atoms with van der Waals surface area (Å²) in [7, 11) is -3.47. The van der Waals surface area contributed by atoms with Crippen molar-refractivity contribution in [3.8, 4) is 0 Å². The maximum Gasteiger partial charge on any atom is 0.304 e. The normalized spacial score (nSPS) is 23.2. The number of hydrogen-bond acceptors (Lipinski definition) is 3. The van der Waals surface area contributed by atoms with E-state index in [2.05, 4.69) is 14.7 Å². The number of H-pyrrole nitrogens is 1. The summed E-state index contributed by atoms with van der Waals surface area (Å²) in [6.45, 7) is 2.51. The fourth-order valence-electron chi connectivity index (χ4n) is 1.93. The molecule has 0 amide bonds. The standard InChI is InChI=1S/C9H16N4O2S/c1-8-4-2-3-7-13(8)16(14,15)12-9-10-5-6-11-9/h5-6,8H,2-4,7H2,1H3,(H2,10,11,12). The van der Waals surface area contributed by atoms with E-state index in [4.69, 9.17) is 0 Å². The lowest BCUT2D eigenvalue weighted by Crippen LogP contribution is -2.44. The van der Waals surface area contributed by atoms with E-state index in [-0.39, 0.29) is 12.0 Å². The molecule has 1 aliphatic rings. The third-order valence-corrected chi connectivity index (χ3v) is 4.39. The molecule has 1 aromatic rings. The van der Waals surface area contributed by atoms with Gasteiger partial charge >= 0.3 is 10.2 Å². The fourth-order valence-corrected chi connectivity index (χ4v) is 3.35. The Bertz CT molecular complexity index is 428. The summed E-state index contributed by atoms with van der Waals surface area (Å²) >= 11 is 0.